The van der Waals surface area contributed by atoms with Gasteiger partial charge in [0.2, 0.25) is 5.91 Å². The van der Waals surface area contributed by atoms with E-state index in [2.05, 4.69) is 16.9 Å². The number of urea groups is 1. The van der Waals surface area contributed by atoms with Gasteiger partial charge in [0.05, 0.1) is 0 Å². The van der Waals surface area contributed by atoms with E-state index in [1.165, 1.54) is 12.2 Å². The van der Waals surface area contributed by atoms with Crippen LogP contribution in [0.25, 0.3) is 0 Å². The normalized spacial score (nSPS) is 10.1. The van der Waals surface area contributed by atoms with E-state index in [1.807, 2.05) is 11.8 Å². The summed E-state index contributed by atoms with van der Waals surface area (Å²) in [5.74, 6) is -0.217. The number of aliphatic carboxylic acids is 1. The number of rotatable bonds is 11. The first kappa shape index (κ1) is 18.8. The molecular formula is C13H24N2O4S. The molecule has 0 heterocycles. The molecule has 0 saturated carbocycles. The van der Waals surface area contributed by atoms with Crippen molar-refractivity contribution in [2.75, 3.05) is 18.6 Å². The van der Waals surface area contributed by atoms with E-state index in [9.17, 15) is 14.4 Å². The Morgan fingerprint density at radius 3 is 2.35 bits per heavy atom. The van der Waals surface area contributed by atoms with Crippen molar-refractivity contribution in [3.63, 3.8) is 0 Å². The molecule has 0 spiro atoms. The Bertz CT molecular complexity index is 311. The van der Waals surface area contributed by atoms with E-state index in [-0.39, 0.29) is 19.3 Å². The molecule has 0 aliphatic rings. The summed E-state index contributed by atoms with van der Waals surface area (Å²) < 4.78 is 0. The monoisotopic (exact) mass is 304 g/mol. The average Bonchev–Trinajstić information content (AvgIpc) is 2.37. The van der Waals surface area contributed by atoms with Crippen LogP contribution >= 0.6 is 11.8 Å². The van der Waals surface area contributed by atoms with Crippen molar-refractivity contribution in [3.8, 4) is 0 Å². The predicted octanol–water partition coefficient (Wildman–Crippen LogP) is 1.99. The summed E-state index contributed by atoms with van der Waals surface area (Å²) in [6.45, 7) is 0.549. The van der Waals surface area contributed by atoms with Gasteiger partial charge in [-0.05, 0) is 31.3 Å². The molecule has 6 nitrogen and oxygen atoms in total. The van der Waals surface area contributed by atoms with Gasteiger partial charge in [-0.2, -0.15) is 11.8 Å². The molecule has 20 heavy (non-hydrogen) atoms. The second-order valence-electron chi connectivity index (χ2n) is 4.46. The van der Waals surface area contributed by atoms with Crippen molar-refractivity contribution in [2.45, 2.75) is 44.9 Å². The third-order valence-corrected chi connectivity index (χ3v) is 3.31. The van der Waals surface area contributed by atoms with E-state index in [4.69, 9.17) is 5.11 Å². The minimum Gasteiger partial charge on any atom is -0.481 e. The summed E-state index contributed by atoms with van der Waals surface area (Å²) in [6.07, 6.45) is 6.61. The van der Waals surface area contributed by atoms with Gasteiger partial charge in [0, 0.05) is 19.4 Å². The molecule has 0 rings (SSSR count). The summed E-state index contributed by atoms with van der Waals surface area (Å²) >= 11 is 1.83. The van der Waals surface area contributed by atoms with Crippen molar-refractivity contribution < 1.29 is 19.5 Å². The predicted molar refractivity (Wildman–Crippen MR) is 79.9 cm³/mol. The van der Waals surface area contributed by atoms with Crippen LogP contribution in [0.15, 0.2) is 0 Å². The van der Waals surface area contributed by atoms with Crippen molar-refractivity contribution in [3.05, 3.63) is 0 Å². The lowest BCUT2D eigenvalue weighted by Gasteiger charge is -2.06. The molecule has 0 aliphatic heterocycles. The second-order valence-corrected chi connectivity index (χ2v) is 5.44. The van der Waals surface area contributed by atoms with Crippen LogP contribution in [0.1, 0.15) is 44.9 Å². The van der Waals surface area contributed by atoms with Crippen LogP contribution in [0.3, 0.4) is 0 Å². The number of hydrogen-bond acceptors (Lipinski definition) is 4. The van der Waals surface area contributed by atoms with Gasteiger partial charge in [-0.25, -0.2) is 4.79 Å². The second kappa shape index (κ2) is 12.8. The molecule has 116 valence electrons. The van der Waals surface area contributed by atoms with E-state index in [0.29, 0.717) is 6.54 Å². The van der Waals surface area contributed by atoms with Gasteiger partial charge < -0.3 is 10.4 Å². The van der Waals surface area contributed by atoms with E-state index >= 15 is 0 Å². The van der Waals surface area contributed by atoms with Crippen LogP contribution < -0.4 is 10.6 Å². The van der Waals surface area contributed by atoms with E-state index < -0.39 is 17.9 Å². The van der Waals surface area contributed by atoms with Crippen molar-refractivity contribution in [2.24, 2.45) is 0 Å². The Balaban J connectivity index is 3.43. The van der Waals surface area contributed by atoms with Crippen LogP contribution in [-0.2, 0) is 9.59 Å². The van der Waals surface area contributed by atoms with Crippen LogP contribution in [0.2, 0.25) is 0 Å². The quantitative estimate of drug-likeness (QED) is 0.507. The highest BCUT2D eigenvalue weighted by molar-refractivity contribution is 7.98. The van der Waals surface area contributed by atoms with Gasteiger partial charge in [0.1, 0.15) is 0 Å². The highest BCUT2D eigenvalue weighted by Crippen LogP contribution is 2.03. The molecule has 0 fully saturated rings. The standard InChI is InChI=1S/C13H24N2O4S/c1-20-10-5-3-2-4-9-14-13(19)15-11(16)7-6-8-12(17)18/h2-10H2,1H3,(H,17,18)(H2,14,15,16,19). The number of imide groups is 1. The Kier molecular flexibility index (Phi) is 12.0. The van der Waals surface area contributed by atoms with Crippen LogP contribution in [-0.4, -0.2) is 41.6 Å². The molecule has 0 radical (unpaired) electrons. The molecule has 3 amide bonds. The Hall–Kier alpha value is -1.24. The summed E-state index contributed by atoms with van der Waals surface area (Å²) in [5, 5.41) is 13.2. The fourth-order valence-electron chi connectivity index (χ4n) is 1.56. The van der Waals surface area contributed by atoms with Crippen LogP contribution in [0.4, 0.5) is 4.79 Å². The number of carboxylic acid groups (broad SMARTS) is 1. The molecule has 7 heteroatoms. The summed E-state index contributed by atoms with van der Waals surface area (Å²) in [7, 11) is 0. The van der Waals surface area contributed by atoms with Gasteiger partial charge in [-0.1, -0.05) is 12.8 Å². The number of carbonyl (C=O) groups is 3. The topological polar surface area (TPSA) is 95.5 Å². The summed E-state index contributed by atoms with van der Waals surface area (Å²) in [5.41, 5.74) is 0. The largest absolute Gasteiger partial charge is 0.481 e. The number of carbonyl (C=O) groups excluding carboxylic acids is 2. The van der Waals surface area contributed by atoms with Crippen LogP contribution in [0, 0.1) is 0 Å². The molecule has 0 bridgehead atoms. The smallest absolute Gasteiger partial charge is 0.321 e. The zero-order valence-electron chi connectivity index (χ0n) is 11.9. The fraction of sp³-hybridized carbons (Fsp3) is 0.769. The maximum absolute atomic E-state index is 11.3. The van der Waals surface area contributed by atoms with Crippen molar-refractivity contribution >= 4 is 29.7 Å². The SMILES string of the molecule is CSCCCCCCNC(=O)NC(=O)CCCC(=O)O. The van der Waals surface area contributed by atoms with Gasteiger partial charge in [0.25, 0.3) is 0 Å². The fourth-order valence-corrected chi connectivity index (χ4v) is 2.05. The minimum atomic E-state index is -0.941. The van der Waals surface area contributed by atoms with E-state index in [0.717, 1.165) is 19.3 Å². The van der Waals surface area contributed by atoms with Gasteiger partial charge in [0.15, 0.2) is 0 Å². The highest BCUT2D eigenvalue weighted by atomic mass is 32.2. The first-order chi connectivity index (χ1) is 9.56. The van der Waals surface area contributed by atoms with Gasteiger partial charge in [-0.3, -0.25) is 14.9 Å². The maximum Gasteiger partial charge on any atom is 0.321 e. The number of carboxylic acids is 1. The minimum absolute atomic E-state index is 0.0500. The molecule has 0 aromatic heterocycles. The lowest BCUT2D eigenvalue weighted by molar-refractivity contribution is -0.137. The number of amides is 3. The Morgan fingerprint density at radius 2 is 1.70 bits per heavy atom. The molecule has 0 unspecified atom stereocenters. The Morgan fingerprint density at radius 1 is 1.00 bits per heavy atom. The lowest BCUT2D eigenvalue weighted by Crippen LogP contribution is -2.39. The summed E-state index contributed by atoms with van der Waals surface area (Å²) in [6, 6.07) is -0.505. The number of nitrogens with one attached hydrogen (secondary N) is 2. The number of hydrogen-bond donors (Lipinski definition) is 3. The molecular weight excluding hydrogens is 280 g/mol. The third-order valence-electron chi connectivity index (χ3n) is 2.61. The van der Waals surface area contributed by atoms with Gasteiger partial charge >= 0.3 is 12.0 Å². The highest BCUT2D eigenvalue weighted by Gasteiger charge is 2.07. The van der Waals surface area contributed by atoms with Crippen LogP contribution in [0.5, 0.6) is 0 Å². The first-order valence-corrected chi connectivity index (χ1v) is 8.24. The zero-order valence-corrected chi connectivity index (χ0v) is 12.8. The average molecular weight is 304 g/mol. The first-order valence-electron chi connectivity index (χ1n) is 6.84. The van der Waals surface area contributed by atoms with Crippen molar-refractivity contribution in [1.82, 2.24) is 10.6 Å². The molecule has 0 aromatic carbocycles. The molecule has 0 aliphatic carbocycles. The lowest BCUT2D eigenvalue weighted by atomic mass is 10.2. The zero-order chi connectivity index (χ0) is 15.2. The molecule has 0 saturated heterocycles. The molecule has 3 N–H and O–H groups in total. The molecule has 0 aromatic rings. The Labute approximate surface area is 124 Å². The summed E-state index contributed by atoms with van der Waals surface area (Å²) in [4.78, 5) is 32.9. The number of unbranched alkanes of at least 4 members (excludes halogenated alkanes) is 3. The maximum atomic E-state index is 11.3. The van der Waals surface area contributed by atoms with E-state index in [1.54, 1.807) is 0 Å². The molecule has 0 atom stereocenters. The third kappa shape index (κ3) is 13.2. The van der Waals surface area contributed by atoms with Gasteiger partial charge in [-0.15, -0.1) is 0 Å². The van der Waals surface area contributed by atoms with Crippen molar-refractivity contribution in [1.29, 1.82) is 0 Å². The number of thioether (sulfide) groups is 1.